The Morgan fingerprint density at radius 2 is 1.78 bits per heavy atom. The molecule has 1 aliphatic heterocycles. The molecule has 0 aromatic heterocycles. The van der Waals surface area contributed by atoms with E-state index in [1.165, 1.54) is 4.90 Å². The molecule has 0 saturated carbocycles. The van der Waals surface area contributed by atoms with Gasteiger partial charge in [-0.15, -0.1) is 0 Å². The number of aliphatic hydroxyl groups is 1. The van der Waals surface area contributed by atoms with E-state index in [1.54, 1.807) is 0 Å². The maximum Gasteiger partial charge on any atom is 0.410 e. The van der Waals surface area contributed by atoms with Crippen LogP contribution in [0, 0.1) is 0 Å². The number of nitrogens with one attached hydrogen (secondary N) is 1. The van der Waals surface area contributed by atoms with E-state index in [9.17, 15) is 9.59 Å². The molecule has 2 amide bonds. The van der Waals surface area contributed by atoms with Gasteiger partial charge in [0.1, 0.15) is 17.5 Å². The SMILES string of the molecule is CC(C)N(CCNC(=O)C1c2ccc(Oc3ccccc3)cc2CCN1C(=O)OCCCCO)C(C)C. The summed E-state index contributed by atoms with van der Waals surface area (Å²) in [6.07, 6.45) is 1.21. The first kappa shape index (κ1) is 28.5. The lowest BCUT2D eigenvalue weighted by Crippen LogP contribution is -2.49. The summed E-state index contributed by atoms with van der Waals surface area (Å²) in [7, 11) is 0. The summed E-state index contributed by atoms with van der Waals surface area (Å²) in [5.41, 5.74) is 1.75. The molecule has 1 aliphatic rings. The van der Waals surface area contributed by atoms with Gasteiger partial charge in [-0.05, 0) is 82.3 Å². The van der Waals surface area contributed by atoms with Gasteiger partial charge < -0.3 is 19.9 Å². The Kier molecular flexibility index (Phi) is 10.8. The topological polar surface area (TPSA) is 91.3 Å². The second kappa shape index (κ2) is 14.0. The van der Waals surface area contributed by atoms with Crippen molar-refractivity contribution < 1.29 is 24.2 Å². The number of hydrogen-bond donors (Lipinski definition) is 2. The van der Waals surface area contributed by atoms with Crippen molar-refractivity contribution in [2.24, 2.45) is 0 Å². The molecule has 2 N–H and O–H groups in total. The average Bonchev–Trinajstić information content (AvgIpc) is 2.88. The third-order valence-electron chi connectivity index (χ3n) is 6.58. The molecule has 8 heteroatoms. The molecule has 0 fully saturated rings. The van der Waals surface area contributed by atoms with Crippen LogP contribution in [-0.2, 0) is 16.0 Å². The molecule has 0 saturated heterocycles. The average molecular weight is 512 g/mol. The summed E-state index contributed by atoms with van der Waals surface area (Å²) in [5.74, 6) is 1.20. The number of hydrogen-bond acceptors (Lipinski definition) is 6. The maximum atomic E-state index is 13.5. The minimum Gasteiger partial charge on any atom is -0.457 e. The van der Waals surface area contributed by atoms with Crippen LogP contribution in [0.5, 0.6) is 11.5 Å². The van der Waals surface area contributed by atoms with Gasteiger partial charge in [-0.25, -0.2) is 4.79 Å². The van der Waals surface area contributed by atoms with Crippen LogP contribution in [0.1, 0.15) is 57.7 Å². The van der Waals surface area contributed by atoms with Gasteiger partial charge in [0.2, 0.25) is 5.91 Å². The van der Waals surface area contributed by atoms with Gasteiger partial charge in [0.15, 0.2) is 0 Å². The summed E-state index contributed by atoms with van der Waals surface area (Å²) in [5, 5.41) is 12.0. The summed E-state index contributed by atoms with van der Waals surface area (Å²) in [4.78, 5) is 30.3. The first-order valence-electron chi connectivity index (χ1n) is 13.2. The highest BCUT2D eigenvalue weighted by molar-refractivity contribution is 5.88. The Hall–Kier alpha value is -3.10. The Morgan fingerprint density at radius 3 is 2.46 bits per heavy atom. The van der Waals surface area contributed by atoms with Crippen LogP contribution in [-0.4, -0.2) is 71.8 Å². The second-order valence-electron chi connectivity index (χ2n) is 9.88. The van der Waals surface area contributed by atoms with Crippen LogP contribution in [0.15, 0.2) is 48.5 Å². The summed E-state index contributed by atoms with van der Waals surface area (Å²) < 4.78 is 11.4. The normalized spacial score (nSPS) is 15.1. The van der Waals surface area contributed by atoms with Crippen molar-refractivity contribution in [3.8, 4) is 11.5 Å². The third kappa shape index (κ3) is 7.94. The zero-order valence-corrected chi connectivity index (χ0v) is 22.5. The van der Waals surface area contributed by atoms with E-state index in [0.29, 0.717) is 50.2 Å². The molecule has 0 bridgehead atoms. The minimum atomic E-state index is -0.786. The standard InChI is InChI=1S/C29H41N3O5/c1-21(2)31(22(3)4)17-15-30-28(34)27-26-13-12-25(37-24-10-6-5-7-11-24)20-23(26)14-16-32(27)29(35)36-19-9-8-18-33/h5-7,10-13,20-22,27,33H,8-9,14-19H2,1-4H3,(H,30,34). The number of carbonyl (C=O) groups is 2. The summed E-state index contributed by atoms with van der Waals surface area (Å²) in [6, 6.07) is 15.1. The fraction of sp³-hybridized carbons (Fsp3) is 0.517. The first-order valence-corrected chi connectivity index (χ1v) is 13.2. The molecule has 1 atom stereocenters. The van der Waals surface area contributed by atoms with Crippen molar-refractivity contribution in [2.75, 3.05) is 32.8 Å². The van der Waals surface area contributed by atoms with Gasteiger partial charge in [-0.3, -0.25) is 14.6 Å². The van der Waals surface area contributed by atoms with E-state index in [1.807, 2.05) is 48.5 Å². The lowest BCUT2D eigenvalue weighted by Gasteiger charge is -2.36. The van der Waals surface area contributed by atoms with Crippen LogP contribution < -0.4 is 10.1 Å². The molecular weight excluding hydrogens is 470 g/mol. The number of rotatable bonds is 12. The van der Waals surface area contributed by atoms with Gasteiger partial charge in [-0.1, -0.05) is 24.3 Å². The second-order valence-corrected chi connectivity index (χ2v) is 9.88. The Balaban J connectivity index is 1.78. The van der Waals surface area contributed by atoms with Gasteiger partial charge in [-0.2, -0.15) is 0 Å². The molecule has 1 unspecified atom stereocenters. The molecule has 8 nitrogen and oxygen atoms in total. The number of benzene rings is 2. The molecule has 2 aromatic rings. The largest absolute Gasteiger partial charge is 0.457 e. The van der Waals surface area contributed by atoms with Crippen molar-refractivity contribution in [1.82, 2.24) is 15.1 Å². The van der Waals surface area contributed by atoms with Gasteiger partial charge in [0, 0.05) is 38.3 Å². The Bertz CT molecular complexity index is 1000. The molecule has 2 aromatic carbocycles. The van der Waals surface area contributed by atoms with E-state index in [2.05, 4.69) is 37.9 Å². The molecule has 0 radical (unpaired) electrons. The number of amides is 2. The zero-order chi connectivity index (χ0) is 26.8. The lowest BCUT2D eigenvalue weighted by atomic mass is 9.92. The molecule has 0 spiro atoms. The van der Waals surface area contributed by atoms with E-state index in [0.717, 1.165) is 23.4 Å². The summed E-state index contributed by atoms with van der Waals surface area (Å²) in [6.45, 7) is 10.4. The lowest BCUT2D eigenvalue weighted by molar-refractivity contribution is -0.126. The monoisotopic (exact) mass is 511 g/mol. The Labute approximate surface area is 220 Å². The van der Waals surface area contributed by atoms with Crippen LogP contribution in [0.4, 0.5) is 4.79 Å². The quantitative estimate of drug-likeness (QED) is 0.407. The number of nitrogens with zero attached hydrogens (tertiary/aromatic N) is 2. The number of fused-ring (bicyclic) bond motifs is 1. The zero-order valence-electron chi connectivity index (χ0n) is 22.5. The molecular formula is C29H41N3O5. The number of unbranched alkanes of at least 4 members (excludes halogenated alkanes) is 1. The minimum absolute atomic E-state index is 0.0524. The van der Waals surface area contributed by atoms with Gasteiger partial charge >= 0.3 is 6.09 Å². The fourth-order valence-corrected chi connectivity index (χ4v) is 4.74. The van der Waals surface area contributed by atoms with Crippen molar-refractivity contribution in [2.45, 2.75) is 65.1 Å². The highest BCUT2D eigenvalue weighted by Crippen LogP contribution is 2.34. The highest BCUT2D eigenvalue weighted by Gasteiger charge is 2.37. The predicted octanol–water partition coefficient (Wildman–Crippen LogP) is 4.52. The van der Waals surface area contributed by atoms with E-state index < -0.39 is 12.1 Å². The van der Waals surface area contributed by atoms with E-state index in [4.69, 9.17) is 14.6 Å². The predicted molar refractivity (Wildman–Crippen MR) is 144 cm³/mol. The number of ether oxygens (including phenoxy) is 2. The van der Waals surface area contributed by atoms with Gasteiger partial charge in [0.05, 0.1) is 6.61 Å². The first-order chi connectivity index (χ1) is 17.8. The molecule has 1 heterocycles. The van der Waals surface area contributed by atoms with E-state index in [-0.39, 0.29) is 19.1 Å². The molecule has 0 aliphatic carbocycles. The van der Waals surface area contributed by atoms with Crippen LogP contribution in [0.25, 0.3) is 0 Å². The number of carbonyl (C=O) groups excluding carboxylic acids is 2. The molecule has 37 heavy (non-hydrogen) atoms. The van der Waals surface area contributed by atoms with Crippen LogP contribution in [0.3, 0.4) is 0 Å². The van der Waals surface area contributed by atoms with Crippen LogP contribution >= 0.6 is 0 Å². The molecule has 202 valence electrons. The van der Waals surface area contributed by atoms with Crippen molar-refractivity contribution >= 4 is 12.0 Å². The van der Waals surface area contributed by atoms with Gasteiger partial charge in [0.25, 0.3) is 0 Å². The highest BCUT2D eigenvalue weighted by atomic mass is 16.6. The third-order valence-corrected chi connectivity index (χ3v) is 6.58. The molecule has 3 rings (SSSR count). The smallest absolute Gasteiger partial charge is 0.410 e. The summed E-state index contributed by atoms with van der Waals surface area (Å²) >= 11 is 0. The number of aliphatic hydroxyl groups excluding tert-OH is 1. The number of para-hydroxylation sites is 1. The fourth-order valence-electron chi connectivity index (χ4n) is 4.74. The van der Waals surface area contributed by atoms with Crippen molar-refractivity contribution in [3.63, 3.8) is 0 Å². The van der Waals surface area contributed by atoms with Crippen molar-refractivity contribution in [1.29, 1.82) is 0 Å². The Morgan fingerprint density at radius 1 is 1.05 bits per heavy atom. The van der Waals surface area contributed by atoms with Crippen LogP contribution in [0.2, 0.25) is 0 Å². The van der Waals surface area contributed by atoms with Crippen molar-refractivity contribution in [3.05, 3.63) is 59.7 Å². The van der Waals surface area contributed by atoms with E-state index >= 15 is 0 Å². The maximum absolute atomic E-state index is 13.5.